The van der Waals surface area contributed by atoms with Crippen LogP contribution in [0, 0.1) is 40.4 Å². The van der Waals surface area contributed by atoms with Gasteiger partial charge in [0.25, 0.3) is 0 Å². The molecule has 0 bridgehead atoms. The third-order valence-electron chi connectivity index (χ3n) is 9.69. The highest BCUT2D eigenvalue weighted by molar-refractivity contribution is 5.66. The SMILES string of the molecule is C=C[C@@H]1CC[C@@H]2[C@H]3CC[C@H]4C[C@@H](OC(C)=O)CC[C@]4(C)[C@@H]3C[C@H](OC(C)=O)[C@]12C. The second-order valence-electron chi connectivity index (χ2n) is 10.8. The highest BCUT2D eigenvalue weighted by Gasteiger charge is 2.64. The highest BCUT2D eigenvalue weighted by Crippen LogP contribution is 2.68. The van der Waals surface area contributed by atoms with Gasteiger partial charge in [-0.15, -0.1) is 6.58 Å². The first kappa shape index (κ1) is 20.9. The van der Waals surface area contributed by atoms with Crippen molar-refractivity contribution < 1.29 is 19.1 Å². The minimum absolute atomic E-state index is 0.0153. The number of allylic oxidation sites excluding steroid dienone is 1. The molecule has 0 spiro atoms. The molecule has 0 unspecified atom stereocenters. The predicted molar refractivity (Wildman–Crippen MR) is 112 cm³/mol. The summed E-state index contributed by atoms with van der Waals surface area (Å²) in [5.74, 6) is 2.63. The van der Waals surface area contributed by atoms with Crippen LogP contribution in [0.4, 0.5) is 0 Å². The van der Waals surface area contributed by atoms with Crippen LogP contribution in [-0.2, 0) is 19.1 Å². The van der Waals surface area contributed by atoms with Crippen molar-refractivity contribution in [1.82, 2.24) is 0 Å². The summed E-state index contributed by atoms with van der Waals surface area (Å²) in [6.07, 6.45) is 11.1. The molecule has 162 valence electrons. The largest absolute Gasteiger partial charge is 0.463 e. The Kier molecular flexibility index (Phi) is 5.36. The minimum Gasteiger partial charge on any atom is -0.463 e. The highest BCUT2D eigenvalue weighted by atomic mass is 16.5. The summed E-state index contributed by atoms with van der Waals surface area (Å²) in [7, 11) is 0. The van der Waals surface area contributed by atoms with Crippen LogP contribution in [0.25, 0.3) is 0 Å². The van der Waals surface area contributed by atoms with E-state index in [1.807, 2.05) is 0 Å². The second-order valence-corrected chi connectivity index (χ2v) is 10.8. The Morgan fingerprint density at radius 2 is 1.66 bits per heavy atom. The summed E-state index contributed by atoms with van der Waals surface area (Å²) in [4.78, 5) is 23.5. The molecule has 0 aliphatic heterocycles. The van der Waals surface area contributed by atoms with Gasteiger partial charge in [-0.3, -0.25) is 9.59 Å². The predicted octanol–water partition coefficient (Wildman–Crippen LogP) is 5.30. The Bertz CT molecular complexity index is 686. The van der Waals surface area contributed by atoms with Gasteiger partial charge in [-0.1, -0.05) is 19.9 Å². The van der Waals surface area contributed by atoms with Crippen molar-refractivity contribution in [3.63, 3.8) is 0 Å². The van der Waals surface area contributed by atoms with Crippen molar-refractivity contribution in [3.8, 4) is 0 Å². The van der Waals surface area contributed by atoms with E-state index in [2.05, 4.69) is 26.5 Å². The van der Waals surface area contributed by atoms with Crippen molar-refractivity contribution >= 4 is 11.9 Å². The molecule has 0 heterocycles. The average Bonchev–Trinajstić information content (AvgIpc) is 2.99. The lowest BCUT2D eigenvalue weighted by Crippen LogP contribution is -2.59. The molecule has 9 atom stereocenters. The lowest BCUT2D eigenvalue weighted by molar-refractivity contribution is -0.192. The van der Waals surface area contributed by atoms with E-state index in [1.54, 1.807) is 6.92 Å². The van der Waals surface area contributed by atoms with Gasteiger partial charge in [-0.05, 0) is 86.4 Å². The number of esters is 2. The molecule has 4 saturated carbocycles. The van der Waals surface area contributed by atoms with Crippen molar-refractivity contribution in [2.45, 2.75) is 91.3 Å². The molecular formula is C25H38O4. The standard InChI is InChI=1S/C25H38O4/c1-6-17-8-10-21-20-9-7-18-13-19(28-15(2)26)11-12-24(18,4)22(20)14-23(25(17,21)5)29-16(3)27/h6,17-23H,1,7-14H2,2-5H3/t17-,18+,19+,20-,21-,22-,23+,24+,25-/m1/s1. The van der Waals surface area contributed by atoms with E-state index in [9.17, 15) is 9.59 Å². The first-order valence-corrected chi connectivity index (χ1v) is 11.7. The summed E-state index contributed by atoms with van der Waals surface area (Å²) in [6.45, 7) is 12.0. The summed E-state index contributed by atoms with van der Waals surface area (Å²) >= 11 is 0. The Morgan fingerprint density at radius 1 is 0.931 bits per heavy atom. The fourth-order valence-corrected chi connectivity index (χ4v) is 8.31. The number of hydrogen-bond acceptors (Lipinski definition) is 4. The third kappa shape index (κ3) is 3.25. The van der Waals surface area contributed by atoms with Crippen LogP contribution in [0.15, 0.2) is 12.7 Å². The molecule has 29 heavy (non-hydrogen) atoms. The van der Waals surface area contributed by atoms with Crippen molar-refractivity contribution in [3.05, 3.63) is 12.7 Å². The van der Waals surface area contributed by atoms with Crippen molar-refractivity contribution in [2.75, 3.05) is 0 Å². The third-order valence-corrected chi connectivity index (χ3v) is 9.69. The Morgan fingerprint density at radius 3 is 2.31 bits per heavy atom. The number of ether oxygens (including phenoxy) is 2. The van der Waals surface area contributed by atoms with Crippen LogP contribution in [0.1, 0.15) is 79.1 Å². The number of carbonyl (C=O) groups excluding carboxylic acids is 2. The zero-order valence-corrected chi connectivity index (χ0v) is 18.6. The monoisotopic (exact) mass is 402 g/mol. The molecule has 0 N–H and O–H groups in total. The first-order chi connectivity index (χ1) is 13.7. The van der Waals surface area contributed by atoms with Gasteiger partial charge in [0.15, 0.2) is 0 Å². The van der Waals surface area contributed by atoms with E-state index in [0.717, 1.165) is 25.7 Å². The second kappa shape index (κ2) is 7.42. The molecule has 0 radical (unpaired) electrons. The van der Waals surface area contributed by atoms with Crippen LogP contribution in [-0.4, -0.2) is 24.1 Å². The van der Waals surface area contributed by atoms with E-state index in [0.29, 0.717) is 29.6 Å². The fourth-order valence-electron chi connectivity index (χ4n) is 8.31. The molecule has 0 aromatic carbocycles. The Balaban J connectivity index is 1.62. The molecule has 4 heteroatoms. The van der Waals surface area contributed by atoms with Gasteiger partial charge in [-0.25, -0.2) is 0 Å². The minimum atomic E-state index is -0.155. The van der Waals surface area contributed by atoms with Gasteiger partial charge < -0.3 is 9.47 Å². The molecular weight excluding hydrogens is 364 g/mol. The van der Waals surface area contributed by atoms with E-state index in [-0.39, 0.29) is 35.0 Å². The topological polar surface area (TPSA) is 52.6 Å². The summed E-state index contributed by atoms with van der Waals surface area (Å²) in [5.41, 5.74) is 0.276. The maximum Gasteiger partial charge on any atom is 0.302 e. The summed E-state index contributed by atoms with van der Waals surface area (Å²) in [5, 5.41) is 0. The van der Waals surface area contributed by atoms with Gasteiger partial charge in [0, 0.05) is 19.3 Å². The maximum atomic E-state index is 12.0. The van der Waals surface area contributed by atoms with Crippen LogP contribution in [0.5, 0.6) is 0 Å². The van der Waals surface area contributed by atoms with Crippen molar-refractivity contribution in [1.29, 1.82) is 0 Å². The summed E-state index contributed by atoms with van der Waals surface area (Å²) < 4.78 is 11.6. The van der Waals surface area contributed by atoms with Gasteiger partial charge in [0.05, 0.1) is 0 Å². The normalized spacial score (nSPS) is 48.6. The van der Waals surface area contributed by atoms with Gasteiger partial charge >= 0.3 is 11.9 Å². The van der Waals surface area contributed by atoms with E-state index < -0.39 is 0 Å². The molecule has 4 aliphatic carbocycles. The zero-order chi connectivity index (χ0) is 21.0. The lowest BCUT2D eigenvalue weighted by Gasteiger charge is -2.62. The maximum absolute atomic E-state index is 12.0. The van der Waals surface area contributed by atoms with E-state index in [1.165, 1.54) is 32.6 Å². The number of hydrogen-bond donors (Lipinski definition) is 0. The van der Waals surface area contributed by atoms with Gasteiger partial charge in [-0.2, -0.15) is 0 Å². The van der Waals surface area contributed by atoms with E-state index >= 15 is 0 Å². The molecule has 0 amide bonds. The Labute approximate surface area is 175 Å². The quantitative estimate of drug-likeness (QED) is 0.474. The Hall–Kier alpha value is -1.32. The van der Waals surface area contributed by atoms with Crippen LogP contribution in [0.2, 0.25) is 0 Å². The van der Waals surface area contributed by atoms with Crippen molar-refractivity contribution in [2.24, 2.45) is 40.4 Å². The molecule has 4 rings (SSSR count). The molecule has 0 aromatic rings. The number of fused-ring (bicyclic) bond motifs is 5. The molecule has 4 fully saturated rings. The summed E-state index contributed by atoms with van der Waals surface area (Å²) in [6, 6.07) is 0. The van der Waals surface area contributed by atoms with Crippen LogP contribution >= 0.6 is 0 Å². The zero-order valence-electron chi connectivity index (χ0n) is 18.6. The van der Waals surface area contributed by atoms with Gasteiger partial charge in [0.2, 0.25) is 0 Å². The molecule has 4 nitrogen and oxygen atoms in total. The van der Waals surface area contributed by atoms with Gasteiger partial charge in [0.1, 0.15) is 12.2 Å². The molecule has 0 saturated heterocycles. The average molecular weight is 403 g/mol. The van der Waals surface area contributed by atoms with Crippen LogP contribution < -0.4 is 0 Å². The smallest absolute Gasteiger partial charge is 0.302 e. The first-order valence-electron chi connectivity index (χ1n) is 11.7. The van der Waals surface area contributed by atoms with Crippen LogP contribution in [0.3, 0.4) is 0 Å². The molecule has 0 aromatic heterocycles. The number of carbonyl (C=O) groups is 2. The lowest BCUT2D eigenvalue weighted by atomic mass is 9.44. The fraction of sp³-hybridized carbons (Fsp3) is 0.840. The van der Waals surface area contributed by atoms with E-state index in [4.69, 9.17) is 9.47 Å². The molecule has 4 aliphatic rings. The number of rotatable bonds is 3.